The van der Waals surface area contributed by atoms with E-state index in [0.717, 1.165) is 24.3 Å². The lowest BCUT2D eigenvalue weighted by molar-refractivity contribution is -0.418. The molecule has 1 aliphatic heterocycles. The van der Waals surface area contributed by atoms with Crippen molar-refractivity contribution in [2.24, 2.45) is 0 Å². The zero-order chi connectivity index (χ0) is 17.1. The molecule has 0 saturated carbocycles. The first-order chi connectivity index (χ1) is 10.8. The number of hydrogen-bond donors (Lipinski definition) is 2. The first-order valence-corrected chi connectivity index (χ1v) is 6.05. The quantitative estimate of drug-likeness (QED) is 0.345. The first-order valence-electron chi connectivity index (χ1n) is 6.05. The molecule has 0 amide bonds. The molecule has 0 unspecified atom stereocenters. The van der Waals surface area contributed by atoms with Gasteiger partial charge < -0.3 is 5.11 Å². The third kappa shape index (κ3) is 3.07. The summed E-state index contributed by atoms with van der Waals surface area (Å²) in [6.07, 6.45) is 6.31. The van der Waals surface area contributed by atoms with Gasteiger partial charge in [-0.05, 0) is 29.9 Å². The summed E-state index contributed by atoms with van der Waals surface area (Å²) in [5.41, 5.74) is -1.35. The maximum atomic E-state index is 13.3. The smallest absolute Gasteiger partial charge is 0.320 e. The van der Waals surface area contributed by atoms with E-state index in [1.807, 2.05) is 0 Å². The number of carbonyl (C=O) groups excluding carboxylic acids is 1. The SMILES string of the molecule is N#CC(C=C1C=C(O)C(=O)C([N+](=O)[O-])=C1)=C1C=CC=C(F)N1O. The van der Waals surface area contributed by atoms with Crippen molar-refractivity contribution >= 4 is 5.78 Å². The highest BCUT2D eigenvalue weighted by Crippen LogP contribution is 2.24. The Kier molecular flexibility index (Phi) is 4.20. The van der Waals surface area contributed by atoms with Crippen molar-refractivity contribution < 1.29 is 24.4 Å². The van der Waals surface area contributed by atoms with Crippen LogP contribution in [0.1, 0.15) is 0 Å². The molecule has 0 bridgehead atoms. The van der Waals surface area contributed by atoms with Crippen molar-refractivity contribution in [2.45, 2.75) is 0 Å². The Bertz CT molecular complexity index is 824. The van der Waals surface area contributed by atoms with Crippen LogP contribution in [-0.4, -0.2) is 26.1 Å². The van der Waals surface area contributed by atoms with Crippen molar-refractivity contribution in [1.29, 1.82) is 5.26 Å². The van der Waals surface area contributed by atoms with E-state index in [9.17, 15) is 29.6 Å². The topological polar surface area (TPSA) is 128 Å². The van der Waals surface area contributed by atoms with Crippen LogP contribution in [0.2, 0.25) is 0 Å². The molecule has 0 fully saturated rings. The molecule has 8 nitrogen and oxygen atoms in total. The number of hydroxylamine groups is 2. The fraction of sp³-hybridized carbons (Fsp3) is 0. The van der Waals surface area contributed by atoms with E-state index in [1.54, 1.807) is 6.07 Å². The predicted molar refractivity (Wildman–Crippen MR) is 73.5 cm³/mol. The van der Waals surface area contributed by atoms with Crippen LogP contribution in [0.4, 0.5) is 4.39 Å². The maximum Gasteiger partial charge on any atom is 0.320 e. The Morgan fingerprint density at radius 1 is 1.48 bits per heavy atom. The number of carbonyl (C=O) groups is 1. The summed E-state index contributed by atoms with van der Waals surface area (Å²) in [5, 5.41) is 39.0. The van der Waals surface area contributed by atoms with Crippen molar-refractivity contribution in [3.8, 4) is 6.07 Å². The Labute approximate surface area is 128 Å². The van der Waals surface area contributed by atoms with Crippen LogP contribution in [0.15, 0.2) is 70.7 Å². The number of Topliss-reactive ketones (excluding diaryl/α,β-unsaturated/α-hetero) is 1. The molecule has 0 atom stereocenters. The molecule has 9 heteroatoms. The summed E-state index contributed by atoms with van der Waals surface area (Å²) in [6.45, 7) is 0. The maximum absolute atomic E-state index is 13.3. The van der Waals surface area contributed by atoms with Gasteiger partial charge in [0.15, 0.2) is 5.76 Å². The minimum atomic E-state index is -1.16. The van der Waals surface area contributed by atoms with E-state index in [0.29, 0.717) is 0 Å². The Hall–Kier alpha value is -3.51. The molecule has 0 radical (unpaired) electrons. The Morgan fingerprint density at radius 3 is 2.78 bits per heavy atom. The third-order valence-electron chi connectivity index (χ3n) is 2.89. The van der Waals surface area contributed by atoms with Crippen molar-refractivity contribution in [3.63, 3.8) is 0 Å². The zero-order valence-electron chi connectivity index (χ0n) is 11.3. The monoisotopic (exact) mass is 317 g/mol. The van der Waals surface area contributed by atoms with E-state index in [-0.39, 0.29) is 21.9 Å². The highest BCUT2D eigenvalue weighted by Gasteiger charge is 2.29. The summed E-state index contributed by atoms with van der Waals surface area (Å²) in [5.74, 6) is -3.04. The number of ketones is 1. The summed E-state index contributed by atoms with van der Waals surface area (Å²) in [7, 11) is 0. The second kappa shape index (κ2) is 6.08. The summed E-state index contributed by atoms with van der Waals surface area (Å²) >= 11 is 0. The number of allylic oxidation sites excluding steroid dienone is 8. The van der Waals surface area contributed by atoms with Crippen LogP contribution in [-0.2, 0) is 4.79 Å². The summed E-state index contributed by atoms with van der Waals surface area (Å²) < 4.78 is 13.3. The van der Waals surface area contributed by atoms with Gasteiger partial charge in [-0.1, -0.05) is 6.08 Å². The van der Waals surface area contributed by atoms with Gasteiger partial charge in [-0.3, -0.25) is 20.1 Å². The highest BCUT2D eigenvalue weighted by molar-refractivity contribution is 6.06. The first kappa shape index (κ1) is 15.9. The standard InChI is InChI=1S/C14H8FN3O5/c15-13-3-1-2-10(17(13)21)9(7-16)4-8-5-11(18(22)23)14(20)12(19)6-8/h1-6,19,21H. The number of aliphatic hydroxyl groups is 1. The van der Waals surface area contributed by atoms with Crippen molar-refractivity contribution in [3.05, 3.63) is 80.8 Å². The summed E-state index contributed by atoms with van der Waals surface area (Å²) in [4.78, 5) is 21.2. The second-order valence-corrected chi connectivity index (χ2v) is 4.36. The molecule has 2 N–H and O–H groups in total. The van der Waals surface area contributed by atoms with Crippen LogP contribution in [0.5, 0.6) is 0 Å². The number of aliphatic hydroxyl groups excluding tert-OH is 1. The highest BCUT2D eigenvalue weighted by atomic mass is 19.1. The van der Waals surface area contributed by atoms with Gasteiger partial charge in [0.25, 0.3) is 5.78 Å². The zero-order valence-corrected chi connectivity index (χ0v) is 11.3. The molecule has 116 valence electrons. The van der Waals surface area contributed by atoms with Gasteiger partial charge in [0, 0.05) is 6.08 Å². The number of hydrogen-bond acceptors (Lipinski definition) is 7. The lowest BCUT2D eigenvalue weighted by atomic mass is 10.0. The lowest BCUT2D eigenvalue weighted by Gasteiger charge is -2.18. The van der Waals surface area contributed by atoms with E-state index >= 15 is 0 Å². The van der Waals surface area contributed by atoms with Gasteiger partial charge in [-0.15, -0.1) is 0 Å². The third-order valence-corrected chi connectivity index (χ3v) is 2.89. The number of nitro groups is 1. The molecular formula is C14H8FN3O5. The minimum Gasteiger partial charge on any atom is -0.504 e. The Balaban J connectivity index is 2.54. The fourth-order valence-corrected chi connectivity index (χ4v) is 1.85. The molecule has 0 aromatic carbocycles. The molecule has 0 aromatic rings. The lowest BCUT2D eigenvalue weighted by Crippen LogP contribution is -2.18. The van der Waals surface area contributed by atoms with Gasteiger partial charge in [-0.2, -0.15) is 14.7 Å². The second-order valence-electron chi connectivity index (χ2n) is 4.36. The van der Waals surface area contributed by atoms with Crippen LogP contribution in [0.25, 0.3) is 0 Å². The molecule has 0 spiro atoms. The number of nitrogens with zero attached hydrogens (tertiary/aromatic N) is 3. The number of nitriles is 1. The van der Waals surface area contributed by atoms with E-state index in [2.05, 4.69) is 0 Å². The normalized spacial score (nSPS) is 21.4. The average molecular weight is 317 g/mol. The molecule has 23 heavy (non-hydrogen) atoms. The molecule has 2 rings (SSSR count). The Morgan fingerprint density at radius 2 is 2.17 bits per heavy atom. The van der Waals surface area contributed by atoms with E-state index in [1.165, 1.54) is 12.2 Å². The largest absolute Gasteiger partial charge is 0.504 e. The average Bonchev–Trinajstić information content (AvgIpc) is 2.51. The van der Waals surface area contributed by atoms with Crippen LogP contribution < -0.4 is 0 Å². The number of rotatable bonds is 2. The van der Waals surface area contributed by atoms with Gasteiger partial charge >= 0.3 is 5.70 Å². The van der Waals surface area contributed by atoms with E-state index in [4.69, 9.17) is 5.26 Å². The van der Waals surface area contributed by atoms with Crippen LogP contribution in [0.3, 0.4) is 0 Å². The fourth-order valence-electron chi connectivity index (χ4n) is 1.85. The molecule has 0 saturated heterocycles. The molecule has 0 aromatic heterocycles. The van der Waals surface area contributed by atoms with Gasteiger partial charge in [-0.25, -0.2) is 0 Å². The molecule has 1 aliphatic carbocycles. The van der Waals surface area contributed by atoms with Crippen molar-refractivity contribution in [1.82, 2.24) is 5.06 Å². The molecular weight excluding hydrogens is 309 g/mol. The van der Waals surface area contributed by atoms with Gasteiger partial charge in [0.1, 0.15) is 6.07 Å². The number of halogens is 1. The predicted octanol–water partition coefficient (Wildman–Crippen LogP) is 1.95. The van der Waals surface area contributed by atoms with Crippen molar-refractivity contribution in [2.75, 3.05) is 0 Å². The van der Waals surface area contributed by atoms with Crippen LogP contribution >= 0.6 is 0 Å². The van der Waals surface area contributed by atoms with Gasteiger partial charge in [0.05, 0.1) is 16.2 Å². The minimum absolute atomic E-state index is 0.0328. The van der Waals surface area contributed by atoms with E-state index < -0.39 is 28.1 Å². The molecule has 2 aliphatic rings. The molecule has 1 heterocycles. The summed E-state index contributed by atoms with van der Waals surface area (Å²) in [6, 6.07) is 1.70. The van der Waals surface area contributed by atoms with Crippen LogP contribution in [0, 0.1) is 21.4 Å². The van der Waals surface area contributed by atoms with Gasteiger partial charge in [0.2, 0.25) is 5.95 Å².